The third kappa shape index (κ3) is 3.32. The van der Waals surface area contributed by atoms with Crippen LogP contribution in [0.15, 0.2) is 42.7 Å². The third-order valence-corrected chi connectivity index (χ3v) is 3.34. The maximum atomic E-state index is 9.99. The summed E-state index contributed by atoms with van der Waals surface area (Å²) in [5, 5.41) is 13.5. The Bertz CT molecular complexity index is 540. The van der Waals surface area contributed by atoms with Gasteiger partial charge in [-0.05, 0) is 44.0 Å². The van der Waals surface area contributed by atoms with Crippen molar-refractivity contribution in [3.8, 4) is 5.75 Å². The van der Waals surface area contributed by atoms with Crippen LogP contribution in [0.5, 0.6) is 5.75 Å². The van der Waals surface area contributed by atoms with Gasteiger partial charge in [0.15, 0.2) is 0 Å². The minimum absolute atomic E-state index is 0.0795. The van der Waals surface area contributed by atoms with Crippen LogP contribution >= 0.6 is 0 Å². The first kappa shape index (κ1) is 13.6. The zero-order valence-corrected chi connectivity index (χ0v) is 11.6. The van der Waals surface area contributed by atoms with E-state index in [0.29, 0.717) is 5.75 Å². The van der Waals surface area contributed by atoms with Crippen LogP contribution in [-0.4, -0.2) is 10.1 Å². The van der Waals surface area contributed by atoms with E-state index in [1.54, 1.807) is 12.3 Å². The molecule has 3 nitrogen and oxygen atoms in total. The maximum Gasteiger partial charge on any atom is 0.120 e. The highest BCUT2D eigenvalue weighted by Gasteiger charge is 2.14. The van der Waals surface area contributed by atoms with Gasteiger partial charge in [-0.25, -0.2) is 0 Å². The molecule has 0 amide bonds. The number of phenols is 1. The first-order valence-corrected chi connectivity index (χ1v) is 6.53. The molecule has 0 aliphatic rings. The van der Waals surface area contributed by atoms with Crippen LogP contribution in [0.3, 0.4) is 0 Å². The van der Waals surface area contributed by atoms with Crippen molar-refractivity contribution in [3.63, 3.8) is 0 Å². The lowest BCUT2D eigenvalue weighted by Gasteiger charge is -2.21. The molecule has 0 aliphatic carbocycles. The number of aromatic nitrogens is 1. The number of benzene rings is 1. The zero-order valence-electron chi connectivity index (χ0n) is 11.6. The average molecular weight is 256 g/mol. The van der Waals surface area contributed by atoms with E-state index < -0.39 is 0 Å². The van der Waals surface area contributed by atoms with Gasteiger partial charge in [-0.15, -0.1) is 0 Å². The number of phenolic OH excluding ortho intramolecular Hbond substituents is 1. The van der Waals surface area contributed by atoms with Crippen molar-refractivity contribution >= 4 is 0 Å². The molecule has 0 radical (unpaired) electrons. The average Bonchev–Trinajstić information content (AvgIpc) is 2.39. The summed E-state index contributed by atoms with van der Waals surface area (Å²) in [6.45, 7) is 6.12. The van der Waals surface area contributed by atoms with E-state index in [4.69, 9.17) is 0 Å². The molecule has 1 unspecified atom stereocenters. The van der Waals surface area contributed by atoms with E-state index in [2.05, 4.69) is 24.1 Å². The van der Waals surface area contributed by atoms with Crippen LogP contribution in [0.25, 0.3) is 0 Å². The molecule has 2 aromatic rings. The van der Waals surface area contributed by atoms with E-state index in [0.717, 1.165) is 16.7 Å². The number of hydrogen-bond acceptors (Lipinski definition) is 3. The van der Waals surface area contributed by atoms with Crippen molar-refractivity contribution < 1.29 is 5.11 Å². The van der Waals surface area contributed by atoms with Gasteiger partial charge in [0.05, 0.1) is 0 Å². The molecule has 1 heterocycles. The molecule has 0 fully saturated rings. The summed E-state index contributed by atoms with van der Waals surface area (Å²) in [5.41, 5.74) is 3.12. The van der Waals surface area contributed by atoms with Crippen LogP contribution < -0.4 is 5.32 Å². The van der Waals surface area contributed by atoms with E-state index >= 15 is 0 Å². The fourth-order valence-corrected chi connectivity index (χ4v) is 2.21. The molecule has 2 atom stereocenters. The molecule has 0 bridgehead atoms. The Hall–Kier alpha value is -1.87. The highest BCUT2D eigenvalue weighted by atomic mass is 16.3. The van der Waals surface area contributed by atoms with Gasteiger partial charge >= 0.3 is 0 Å². The molecule has 0 spiro atoms. The fraction of sp³-hybridized carbons (Fsp3) is 0.312. The normalized spacial score (nSPS) is 14.1. The third-order valence-electron chi connectivity index (χ3n) is 3.34. The van der Waals surface area contributed by atoms with Crippen molar-refractivity contribution in [2.24, 2.45) is 0 Å². The highest BCUT2D eigenvalue weighted by Crippen LogP contribution is 2.27. The van der Waals surface area contributed by atoms with Crippen molar-refractivity contribution in [2.45, 2.75) is 32.9 Å². The summed E-state index contributed by atoms with van der Waals surface area (Å²) in [7, 11) is 0. The zero-order chi connectivity index (χ0) is 13.8. The minimum Gasteiger partial charge on any atom is -0.508 e. The van der Waals surface area contributed by atoms with E-state index in [9.17, 15) is 5.11 Å². The minimum atomic E-state index is 0.0795. The lowest BCUT2D eigenvalue weighted by atomic mass is 10.0. The number of nitrogens with one attached hydrogen (secondary N) is 1. The molecule has 19 heavy (non-hydrogen) atoms. The molecule has 0 saturated carbocycles. The predicted molar refractivity (Wildman–Crippen MR) is 77.0 cm³/mol. The van der Waals surface area contributed by atoms with Gasteiger partial charge in [-0.3, -0.25) is 4.98 Å². The van der Waals surface area contributed by atoms with Crippen molar-refractivity contribution in [1.29, 1.82) is 0 Å². The molecule has 1 aromatic carbocycles. The Morgan fingerprint density at radius 2 is 1.95 bits per heavy atom. The molecular weight excluding hydrogens is 236 g/mol. The van der Waals surface area contributed by atoms with Crippen LogP contribution in [0.1, 0.15) is 42.6 Å². The Labute approximate surface area is 114 Å². The topological polar surface area (TPSA) is 45.2 Å². The highest BCUT2D eigenvalue weighted by molar-refractivity contribution is 5.38. The lowest BCUT2D eigenvalue weighted by molar-refractivity contribution is 0.438. The fourth-order valence-electron chi connectivity index (χ4n) is 2.21. The quantitative estimate of drug-likeness (QED) is 0.880. The SMILES string of the molecule is Cc1ccc(C(C)N[C@@H](C)c2cccnc2)c(O)c1. The van der Waals surface area contributed by atoms with Crippen LogP contribution in [0.4, 0.5) is 0 Å². The summed E-state index contributed by atoms with van der Waals surface area (Å²) >= 11 is 0. The van der Waals surface area contributed by atoms with Gasteiger partial charge in [0, 0.05) is 30.0 Å². The smallest absolute Gasteiger partial charge is 0.120 e. The number of hydrogen-bond donors (Lipinski definition) is 2. The molecule has 2 rings (SSSR count). The summed E-state index contributed by atoms with van der Waals surface area (Å²) in [4.78, 5) is 4.13. The second-order valence-corrected chi connectivity index (χ2v) is 4.96. The van der Waals surface area contributed by atoms with Gasteiger partial charge in [-0.1, -0.05) is 18.2 Å². The molecule has 0 aliphatic heterocycles. The van der Waals surface area contributed by atoms with E-state index in [1.807, 2.05) is 37.4 Å². The Morgan fingerprint density at radius 3 is 2.58 bits per heavy atom. The van der Waals surface area contributed by atoms with Crippen LogP contribution in [0, 0.1) is 6.92 Å². The largest absolute Gasteiger partial charge is 0.508 e. The molecule has 2 N–H and O–H groups in total. The predicted octanol–water partition coefficient (Wildman–Crippen LogP) is 3.51. The van der Waals surface area contributed by atoms with Crippen LogP contribution in [0.2, 0.25) is 0 Å². The summed E-state index contributed by atoms with van der Waals surface area (Å²) in [5.74, 6) is 0.346. The lowest BCUT2D eigenvalue weighted by Crippen LogP contribution is -2.22. The standard InChI is InChI=1S/C16H20N2O/c1-11-6-7-15(16(19)9-11)13(3)18-12(2)14-5-4-8-17-10-14/h4-10,12-13,18-19H,1-3H3/t12-,13?/m0/s1. The first-order chi connectivity index (χ1) is 9.08. The van der Waals surface area contributed by atoms with Gasteiger partial charge in [0.25, 0.3) is 0 Å². The number of aromatic hydroxyl groups is 1. The van der Waals surface area contributed by atoms with Crippen molar-refractivity contribution in [1.82, 2.24) is 10.3 Å². The van der Waals surface area contributed by atoms with Gasteiger partial charge in [0.1, 0.15) is 5.75 Å². The molecular formula is C16H20N2O. The Kier molecular flexibility index (Phi) is 4.17. The molecule has 100 valence electrons. The van der Waals surface area contributed by atoms with Gasteiger partial charge < -0.3 is 10.4 Å². The number of pyridine rings is 1. The first-order valence-electron chi connectivity index (χ1n) is 6.53. The monoisotopic (exact) mass is 256 g/mol. The molecule has 0 saturated heterocycles. The van der Waals surface area contributed by atoms with Gasteiger partial charge in [-0.2, -0.15) is 0 Å². The van der Waals surface area contributed by atoms with Crippen LogP contribution in [-0.2, 0) is 0 Å². The van der Waals surface area contributed by atoms with Crippen molar-refractivity contribution in [2.75, 3.05) is 0 Å². The summed E-state index contributed by atoms with van der Waals surface area (Å²) in [6.07, 6.45) is 3.63. The van der Waals surface area contributed by atoms with E-state index in [1.165, 1.54) is 0 Å². The molecule has 3 heteroatoms. The number of rotatable bonds is 4. The second-order valence-electron chi connectivity index (χ2n) is 4.96. The molecule has 1 aromatic heterocycles. The number of nitrogens with zero attached hydrogens (tertiary/aromatic N) is 1. The Balaban J connectivity index is 2.10. The number of aryl methyl sites for hydroxylation is 1. The Morgan fingerprint density at radius 1 is 1.16 bits per heavy atom. The summed E-state index contributed by atoms with van der Waals surface area (Å²) < 4.78 is 0. The second kappa shape index (κ2) is 5.85. The van der Waals surface area contributed by atoms with Crippen molar-refractivity contribution in [3.05, 3.63) is 59.4 Å². The van der Waals surface area contributed by atoms with E-state index in [-0.39, 0.29) is 12.1 Å². The summed E-state index contributed by atoms with van der Waals surface area (Å²) in [6, 6.07) is 10.0. The maximum absolute atomic E-state index is 9.99. The van der Waals surface area contributed by atoms with Gasteiger partial charge in [0.2, 0.25) is 0 Å².